The molecule has 0 fully saturated rings. The molecular formula is C115H107Cl8F11I8. The van der Waals surface area contributed by atoms with Gasteiger partial charge in [-0.1, -0.05) is 153 Å². The van der Waals surface area contributed by atoms with E-state index >= 15 is 0 Å². The van der Waals surface area contributed by atoms with E-state index in [9.17, 15) is 48.3 Å². The number of hydrogen-bond acceptors (Lipinski definition) is 0. The first-order valence-corrected chi connectivity index (χ1v) is 59.8. The Morgan fingerprint density at radius 2 is 0.296 bits per heavy atom. The van der Waals surface area contributed by atoms with Crippen LogP contribution in [0.15, 0.2) is 358 Å². The maximum atomic E-state index is 13.3. The average Bonchev–Trinajstić information content (AvgIpc) is 0.858. The summed E-state index contributed by atoms with van der Waals surface area (Å²) in [5.41, 5.74) is 12.0. The van der Waals surface area contributed by atoms with Gasteiger partial charge in [-0.25, -0.2) is 48.3 Å². The molecule has 0 spiro atoms. The van der Waals surface area contributed by atoms with Crippen LogP contribution in [0.1, 0.15) is 118 Å². The Bertz CT molecular complexity index is 6250. The molecule has 16 aromatic rings. The lowest BCUT2D eigenvalue weighted by atomic mass is 9.87. The van der Waals surface area contributed by atoms with E-state index in [1.807, 2.05) is 133 Å². The van der Waals surface area contributed by atoms with Gasteiger partial charge in [0.1, 0.15) is 64.0 Å². The van der Waals surface area contributed by atoms with Crippen molar-refractivity contribution in [3.8, 4) is 0 Å². The maximum Gasteiger partial charge on any atom is 0.358 e. The van der Waals surface area contributed by atoms with Gasteiger partial charge in [-0.15, -0.1) is 0 Å². The molecule has 0 saturated heterocycles. The summed E-state index contributed by atoms with van der Waals surface area (Å²) in [6, 6.07) is 108. The lowest BCUT2D eigenvalue weighted by molar-refractivity contribution is -0.599. The summed E-state index contributed by atoms with van der Waals surface area (Å²) in [4.78, 5) is 0. The second-order valence-electron chi connectivity index (χ2n) is 33.6. The minimum absolute atomic E-state index is 0. The molecule has 0 saturated carbocycles. The van der Waals surface area contributed by atoms with Gasteiger partial charge in [0, 0.05) is 57.1 Å². The fraction of sp³-hybridized carbons (Fsp3) is 0.165. The molecule has 0 heterocycles. The zero-order valence-electron chi connectivity index (χ0n) is 80.3. The van der Waals surface area contributed by atoms with Crippen LogP contribution < -0.4 is 269 Å². The van der Waals surface area contributed by atoms with Crippen molar-refractivity contribution in [2.75, 3.05) is 0 Å². The molecule has 16 rings (SSSR count). The zero-order chi connectivity index (χ0) is 97.2. The number of aryl methyl sites for hydroxylation is 7. The van der Waals surface area contributed by atoms with Crippen LogP contribution >= 0.6 is 0 Å². The highest BCUT2D eigenvalue weighted by molar-refractivity contribution is 5.27. The van der Waals surface area contributed by atoms with Gasteiger partial charge in [0.25, 0.3) is 0 Å². The van der Waals surface area contributed by atoms with Gasteiger partial charge in [-0.3, -0.25) is 0 Å². The molecule has 142 heavy (non-hydrogen) atoms. The Balaban J connectivity index is 0.000000806. The first-order chi connectivity index (χ1) is 63.6. The van der Waals surface area contributed by atoms with Gasteiger partial charge in [0.05, 0.1) is 0 Å². The Morgan fingerprint density at radius 1 is 0.141 bits per heavy atom. The first-order valence-electron chi connectivity index (χ1n) is 42.6. The fourth-order valence-electron chi connectivity index (χ4n) is 11.8. The Labute approximate surface area is 965 Å². The summed E-state index contributed by atoms with van der Waals surface area (Å²) >= 11 is -2.28. The minimum atomic E-state index is -0.528. The van der Waals surface area contributed by atoms with Crippen LogP contribution in [-0.2, 0) is 16.2 Å². The Morgan fingerprint density at radius 3 is 0.514 bits per heavy atom. The van der Waals surface area contributed by atoms with Gasteiger partial charge < -0.3 is 99.3 Å². The van der Waals surface area contributed by atoms with Crippen LogP contribution in [0.5, 0.6) is 0 Å². The predicted molar refractivity (Wildman–Crippen MR) is 491 cm³/mol. The lowest BCUT2D eigenvalue weighted by Gasteiger charge is -2.18. The normalized spacial score (nSPS) is 10.3. The van der Waals surface area contributed by atoms with E-state index in [1.165, 1.54) is 132 Å². The molecular weight excluding hydrogens is 2890 g/mol. The van der Waals surface area contributed by atoms with Gasteiger partial charge >= 0.3 is 170 Å². The smallest absolute Gasteiger partial charge is 0.358 e. The topological polar surface area (TPSA) is 0 Å². The molecule has 0 N–H and O–H groups in total. The van der Waals surface area contributed by atoms with Crippen molar-refractivity contribution in [3.63, 3.8) is 0 Å². The molecule has 0 aliphatic heterocycles. The monoisotopic (exact) mass is 2990 g/mol. The summed E-state index contributed by atoms with van der Waals surface area (Å²) in [5.74, 6) is -2.04. The van der Waals surface area contributed by atoms with E-state index in [4.69, 9.17) is 0 Å². The standard InChI is InChI=1S/2C17H19FI.C16H17FI.2C14H12F2I.C13H11FI.C12H8F2I.C12H9FI.8ClH/c1-12-11-14(18)7-10-16(12)19-15-8-5-13(6-9-15)17(2,3)4;1-12-5-8-14(18)11-16(12)19-15-9-6-13(7-10-15)17(2,3)4;1-16(2,3)12-4-8-14(9-5-12)18-15-10-6-13(17)7-11-15;1-9-7-11(15)3-5-13(9)17-14-6-4-12(16)8-10(14)2;1-9-3-5-11(15)7-13(9)17-14-8-12(16)6-4-10(14)2;1-10-9-11(14)7-8-13(10)15-12-5-3-2-4-6-12;13-9-1-5-11(6-2-9)15-12-7-3-10(14)4-8-12;13-10-6-8-12(9-7-10)14-11-4-2-1-3-5-11;;;;;;;;/h2*5-11H,1-4H3;4-11H,1-3H3;2*3-8H,1-2H3;2-9H,1H3;1-8H;1-9H;8*1H/q8*+1;;;;;;;;/p-8. The van der Waals surface area contributed by atoms with Crippen molar-refractivity contribution in [2.45, 2.75) is 127 Å². The highest BCUT2D eigenvalue weighted by Crippen LogP contribution is 2.24. The summed E-state index contributed by atoms with van der Waals surface area (Å²) < 4.78 is 162. The second kappa shape index (κ2) is 67.9. The third-order valence-electron chi connectivity index (χ3n) is 19.4. The largest absolute Gasteiger partial charge is 1.00 e. The average molecular weight is 3000 g/mol. The molecule has 0 nitrogen and oxygen atoms in total. The van der Waals surface area contributed by atoms with Crippen LogP contribution in [0.2, 0.25) is 0 Å². The third kappa shape index (κ3) is 49.1. The van der Waals surface area contributed by atoms with Crippen LogP contribution in [-0.4, -0.2) is 0 Å². The van der Waals surface area contributed by atoms with Crippen molar-refractivity contribution in [2.24, 2.45) is 0 Å². The van der Waals surface area contributed by atoms with Crippen LogP contribution in [0.25, 0.3) is 0 Å². The van der Waals surface area contributed by atoms with Crippen LogP contribution in [0.3, 0.4) is 0 Å². The van der Waals surface area contributed by atoms with E-state index in [0.29, 0.717) is 0 Å². The number of rotatable bonds is 16. The van der Waals surface area contributed by atoms with E-state index < -0.39 is 21.2 Å². The molecule has 0 aromatic heterocycles. The summed E-state index contributed by atoms with van der Waals surface area (Å²) in [6.07, 6.45) is 0. The first kappa shape index (κ1) is 135. The van der Waals surface area contributed by atoms with Crippen molar-refractivity contribution in [1.29, 1.82) is 0 Å². The number of benzene rings is 16. The predicted octanol–water partition coefficient (Wildman–Crippen LogP) is -17.9. The molecule has 0 radical (unpaired) electrons. The molecule has 0 amide bonds. The van der Waals surface area contributed by atoms with E-state index in [1.54, 1.807) is 103 Å². The fourth-order valence-corrected chi connectivity index (χ4v) is 30.7. The molecule has 0 aliphatic carbocycles. The highest BCUT2D eigenvalue weighted by Gasteiger charge is 2.28. The quantitative estimate of drug-likeness (QED) is 0.0668. The highest BCUT2D eigenvalue weighted by atomic mass is 127. The van der Waals surface area contributed by atoms with Crippen molar-refractivity contribution >= 4 is 0 Å². The van der Waals surface area contributed by atoms with Gasteiger partial charge in [-0.2, -0.15) is 0 Å². The molecule has 0 unspecified atom stereocenters. The van der Waals surface area contributed by atoms with Crippen molar-refractivity contribution in [1.82, 2.24) is 0 Å². The SMILES string of the molecule is CC(C)(C)c1ccc([I+]c2ccc(F)cc2)cc1.Cc1cc(F)ccc1[I+]c1ccc(C(C)(C)C)cc1.Cc1cc(F)ccc1[I+]c1ccc(F)cc1C.Cc1cc(F)ccc1[I+]c1ccccc1.Cc1ccc(F)cc1[I+]c1cc(F)ccc1C.Cc1ccc(F)cc1[I+]c1ccc(C(C)(C)C)cc1.Fc1ccc([I+]c2ccc(F)cc2)cc1.Fc1ccc([I+]c2ccccc2)cc1.[Cl-].[Cl-].[Cl-].[Cl-].[Cl-].[Cl-].[Cl-].[Cl-]. The van der Waals surface area contributed by atoms with Crippen molar-refractivity contribution < 1.29 is 317 Å². The van der Waals surface area contributed by atoms with E-state index in [-0.39, 0.29) is 328 Å². The number of hydrogen-bond donors (Lipinski definition) is 0. The van der Waals surface area contributed by atoms with Gasteiger partial charge in [-0.05, 0) is 330 Å². The van der Waals surface area contributed by atoms with Gasteiger partial charge in [0.2, 0.25) is 0 Å². The minimum Gasteiger partial charge on any atom is -1.00 e. The number of halogens is 27. The summed E-state index contributed by atoms with van der Waals surface area (Å²) in [5, 5.41) is 0. The molecule has 0 aliphatic rings. The lowest BCUT2D eigenvalue weighted by Crippen LogP contribution is -3.62. The van der Waals surface area contributed by atoms with E-state index in [0.717, 1.165) is 47.7 Å². The van der Waals surface area contributed by atoms with Gasteiger partial charge in [0.15, 0.2) is 57.1 Å². The van der Waals surface area contributed by atoms with Crippen molar-refractivity contribution in [3.05, 3.63) is 535 Å². The molecule has 0 atom stereocenters. The Kier molecular flexibility index (Phi) is 64.5. The second-order valence-corrected chi connectivity index (χ2v) is 57.3. The molecule has 756 valence electrons. The van der Waals surface area contributed by atoms with Crippen LogP contribution in [0, 0.1) is 170 Å². The molecule has 16 aromatic carbocycles. The Hall–Kier alpha value is -5.09. The van der Waals surface area contributed by atoms with Crippen LogP contribution in [0.4, 0.5) is 48.3 Å². The third-order valence-corrected chi connectivity index (χ3v) is 43.9. The summed E-state index contributed by atoms with van der Waals surface area (Å²) in [6.45, 7) is 33.7. The zero-order valence-corrected chi connectivity index (χ0v) is 104. The molecule has 0 bridgehead atoms. The summed E-state index contributed by atoms with van der Waals surface area (Å²) in [7, 11) is 0. The van der Waals surface area contributed by atoms with E-state index in [2.05, 4.69) is 166 Å². The maximum absolute atomic E-state index is 13.3. The molecule has 27 heteroatoms.